The third-order valence-corrected chi connectivity index (χ3v) is 27.3. The first kappa shape index (κ1) is 83.0. The zero-order valence-corrected chi connectivity index (χ0v) is 64.2. The van der Waals surface area contributed by atoms with Crippen molar-refractivity contribution in [1.29, 1.82) is 0 Å². The predicted molar refractivity (Wildman–Crippen MR) is 386 cm³/mol. The molecule has 4 saturated carbocycles. The lowest BCUT2D eigenvalue weighted by atomic mass is 9.40. The lowest BCUT2D eigenvalue weighted by Crippen LogP contribution is -2.75. The Hall–Kier alpha value is -5.09. The van der Waals surface area contributed by atoms with Crippen LogP contribution in [0.25, 0.3) is 0 Å². The van der Waals surface area contributed by atoms with Crippen LogP contribution in [0.1, 0.15) is 171 Å². The van der Waals surface area contributed by atoms with Crippen molar-refractivity contribution in [2.75, 3.05) is 78.9 Å². The summed E-state index contributed by atoms with van der Waals surface area (Å²) in [5.74, 6) is -7.03. The van der Waals surface area contributed by atoms with Gasteiger partial charge in [0.2, 0.25) is 6.10 Å². The number of halogens is 1. The Morgan fingerprint density at radius 3 is 1.33 bits per heavy atom. The number of benzene rings is 2. The largest absolute Gasteiger partial charge is 0.481 e. The number of aliphatic hydroxyl groups is 7. The van der Waals surface area contributed by atoms with E-state index in [0.29, 0.717) is 61.7 Å². The molecule has 10 aliphatic rings. The third-order valence-electron chi connectivity index (χ3n) is 27.3. The van der Waals surface area contributed by atoms with Crippen molar-refractivity contribution in [3.8, 4) is 0 Å². The average Bonchev–Trinajstić information content (AvgIpc) is 0.681. The first-order valence-electron chi connectivity index (χ1n) is 37.4. The quantitative estimate of drug-likeness (QED) is 0.0445. The van der Waals surface area contributed by atoms with Gasteiger partial charge in [0.05, 0.1) is 86.1 Å². The maximum atomic E-state index is 14.5. The number of aliphatic carboxylic acids is 1. The van der Waals surface area contributed by atoms with Gasteiger partial charge in [-0.1, -0.05) is 130 Å². The minimum atomic E-state index is -1.65. The molecule has 0 aromatic heterocycles. The number of rotatable bonds is 17. The summed E-state index contributed by atoms with van der Waals surface area (Å²) in [5, 5.41) is 91.5. The maximum Gasteiger partial charge on any atom is 0.348 e. The highest BCUT2D eigenvalue weighted by Gasteiger charge is 2.75. The van der Waals surface area contributed by atoms with Crippen molar-refractivity contribution in [1.82, 2.24) is 9.80 Å². The van der Waals surface area contributed by atoms with Gasteiger partial charge in [0.15, 0.2) is 17.7 Å². The first-order valence-corrected chi connectivity index (χ1v) is 37.4. The number of fused-ring (bicyclic) bond motifs is 10. The lowest BCUT2D eigenvalue weighted by molar-refractivity contribution is -0.302. The molecule has 0 radical (unpaired) electrons. The topological polar surface area (TPSA) is 335 Å². The third kappa shape index (κ3) is 14.6. The maximum absolute atomic E-state index is 14.5. The molecule has 8 N–H and O–H groups in total. The number of hydrogen-bond donors (Lipinski definition) is 8. The number of carboxylic acids is 1. The fourth-order valence-corrected chi connectivity index (χ4v) is 20.7. The molecule has 4 aliphatic heterocycles. The standard InChI is InChI=1S/C40H57NO10.C32H44O8.C8H15NO3.ClH/c1-23(26-12-9-8-10-13-26)33(51-30(43)14-11-15-41-16-18-48-19-17-41)36(46)50-27-21-40(47)25(3)34-38(6)22-49-29(38)20-28(42)39(34,7)35(45)32(44)31(24(27)2)37(40,4)5;1-16(19-11-9-8-10-12-19)24(34)28(37)40-20-14-32(38)18(3)26-30(6)15-39-22(30)13-21(33)31(26,7)27(36)25(35)23(17(20)2)29(32,4)5;10-8(11)2-1-3-9-4-6-12-7-5-9;/h8-10,12-13,23,25,27-29,32-34,42,44,47H,11,14-22H2,1-7H3;8-12,16,18,20-22,24-26,33-35,38H,13-15H2,1-7H3;1-7H2,(H,10,11);1H/t23-,25-,27-,28-,29+,32+,33+,34?,38+,39+,40+;16-,18-,20-,21-,22+,24+,25+,26?,30+,31+,32+;;/m00../s1. The number of carbonyl (C=O) groups excluding carboxylic acids is 5. The van der Waals surface area contributed by atoms with Crippen LogP contribution in [-0.4, -0.2) is 237 Å². The molecular weight excluding hydrogens is 1360 g/mol. The van der Waals surface area contributed by atoms with E-state index in [4.69, 9.17) is 38.3 Å². The van der Waals surface area contributed by atoms with E-state index in [1.807, 2.05) is 123 Å². The van der Waals surface area contributed by atoms with E-state index in [-0.39, 0.29) is 63.1 Å². The van der Waals surface area contributed by atoms with E-state index in [1.54, 1.807) is 34.6 Å². The molecule has 12 rings (SSSR count). The number of nitrogens with zero attached hydrogens (tertiary/aromatic N) is 2. The summed E-state index contributed by atoms with van der Waals surface area (Å²) in [6, 6.07) is 18.5. The van der Waals surface area contributed by atoms with Crippen molar-refractivity contribution in [2.45, 2.75) is 232 Å². The number of hydrogen-bond acceptors (Lipinski definition) is 22. The van der Waals surface area contributed by atoms with Crippen molar-refractivity contribution in [2.24, 2.45) is 56.2 Å². The fraction of sp³-hybridized carbons (Fsp3) is 0.725. The van der Waals surface area contributed by atoms with E-state index in [0.717, 1.165) is 63.5 Å². The van der Waals surface area contributed by atoms with Gasteiger partial charge in [-0.3, -0.25) is 29.0 Å². The number of carbonyl (C=O) groups is 6. The molecule has 104 heavy (non-hydrogen) atoms. The van der Waals surface area contributed by atoms with Gasteiger partial charge in [0, 0.05) is 98.2 Å². The highest BCUT2D eigenvalue weighted by Crippen LogP contribution is 2.69. The van der Waals surface area contributed by atoms with Gasteiger partial charge in [-0.25, -0.2) is 9.59 Å². The van der Waals surface area contributed by atoms with Crippen molar-refractivity contribution in [3.63, 3.8) is 0 Å². The van der Waals surface area contributed by atoms with Crippen molar-refractivity contribution < 1.29 is 103 Å². The lowest BCUT2D eigenvalue weighted by Gasteiger charge is -2.68. The minimum Gasteiger partial charge on any atom is -0.481 e. The van der Waals surface area contributed by atoms with Crippen LogP contribution in [0.3, 0.4) is 0 Å². The Balaban J connectivity index is 0.000000210. The van der Waals surface area contributed by atoms with Crippen LogP contribution in [0.2, 0.25) is 0 Å². The van der Waals surface area contributed by atoms with Crippen LogP contribution in [0.5, 0.6) is 0 Å². The minimum absolute atomic E-state index is 0. The Bertz CT molecular complexity index is 3490. The summed E-state index contributed by atoms with van der Waals surface area (Å²) in [6.45, 7) is 34.4. The van der Waals surface area contributed by atoms with Crippen molar-refractivity contribution in [3.05, 3.63) is 94.1 Å². The second-order valence-electron chi connectivity index (χ2n) is 33.6. The Morgan fingerprint density at radius 1 is 0.577 bits per heavy atom. The van der Waals surface area contributed by atoms with Crippen LogP contribution < -0.4 is 0 Å². The summed E-state index contributed by atoms with van der Waals surface area (Å²) in [5.41, 5.74) is -5.78. The molecule has 4 heterocycles. The first-order chi connectivity index (χ1) is 48.3. The summed E-state index contributed by atoms with van der Waals surface area (Å²) in [7, 11) is 0. The SMILES string of the molecule is CC1=C2[C@@H](O)C(=O)[C@@]3(C)C([C@H](C)[C@](O)(C[C@@H]1OC(=O)[C@H](O)[C@@H](C)c1ccccc1)C2(C)C)[C@]1(C)CO[C@@H]1C[C@@H]3O.CC1=C2[C@@H](O)C(=O)[C@@]3(C)C([C@H](C)[C@](O)(C[C@@H]1OC(=O)[C@H](OC(=O)CCCN1CCOCC1)[C@@H](C)c1ccccc1)C2(C)C)[C@]1(C)CO[C@@H]1C[C@@H]3O.Cl.O=C(O)CCCN1CCOCC1. The molecule has 24 heteroatoms. The highest BCUT2D eigenvalue weighted by atomic mass is 35.5. The Morgan fingerprint density at radius 2 is 0.952 bits per heavy atom. The van der Waals surface area contributed by atoms with Gasteiger partial charge in [0.25, 0.3) is 0 Å². The second kappa shape index (κ2) is 31.9. The average molecular weight is 1480 g/mol. The summed E-state index contributed by atoms with van der Waals surface area (Å²) in [4.78, 5) is 84.2. The van der Waals surface area contributed by atoms with Crippen molar-refractivity contribution >= 4 is 47.9 Å². The number of carboxylic acid groups (broad SMARTS) is 1. The zero-order valence-electron chi connectivity index (χ0n) is 63.3. The van der Waals surface area contributed by atoms with Crippen LogP contribution in [0, 0.1) is 56.2 Å². The van der Waals surface area contributed by atoms with Gasteiger partial charge in [-0.2, -0.15) is 0 Å². The molecule has 2 aromatic rings. The number of aliphatic hydroxyl groups excluding tert-OH is 5. The van der Waals surface area contributed by atoms with Crippen LogP contribution >= 0.6 is 12.4 Å². The summed E-state index contributed by atoms with van der Waals surface area (Å²) >= 11 is 0. The summed E-state index contributed by atoms with van der Waals surface area (Å²) < 4.78 is 40.4. The molecule has 2 unspecified atom stereocenters. The van der Waals surface area contributed by atoms with Gasteiger partial charge < -0.3 is 74.0 Å². The number of esters is 3. The number of ether oxygens (including phenoxy) is 7. The Labute approximate surface area is 619 Å². The zero-order chi connectivity index (χ0) is 75.5. The molecule has 8 fully saturated rings. The van der Waals surface area contributed by atoms with E-state index in [2.05, 4.69) is 9.80 Å². The van der Waals surface area contributed by atoms with Gasteiger partial charge in [-0.05, 0) is 111 Å². The molecule has 22 atom stereocenters. The van der Waals surface area contributed by atoms with E-state index in [1.165, 1.54) is 0 Å². The van der Waals surface area contributed by atoms with E-state index in [9.17, 15) is 64.5 Å². The van der Waals surface area contributed by atoms with Gasteiger partial charge in [0.1, 0.15) is 24.4 Å². The van der Waals surface area contributed by atoms with E-state index < -0.39 is 163 Å². The number of morpholine rings is 2. The van der Waals surface area contributed by atoms with Gasteiger partial charge in [-0.15, -0.1) is 12.4 Å². The molecular formula is C80H117ClN2O21. The fourth-order valence-electron chi connectivity index (χ4n) is 20.7. The molecule has 2 aromatic carbocycles. The molecule has 0 spiro atoms. The monoisotopic (exact) mass is 1480 g/mol. The van der Waals surface area contributed by atoms with Crippen LogP contribution in [0.15, 0.2) is 83.0 Å². The van der Waals surface area contributed by atoms with Crippen LogP contribution in [0.4, 0.5) is 0 Å². The molecule has 6 aliphatic carbocycles. The molecule has 4 bridgehead atoms. The highest BCUT2D eigenvalue weighted by molar-refractivity contribution is 5.94. The molecule has 0 amide bonds. The van der Waals surface area contributed by atoms with E-state index >= 15 is 0 Å². The molecule has 4 saturated heterocycles. The number of Topliss-reactive ketones (excluding diaryl/α,β-unsaturated/α-hetero) is 2. The Kier molecular flexibility index (Phi) is 25.4. The number of ketones is 2. The predicted octanol–water partition coefficient (Wildman–Crippen LogP) is 7.09. The van der Waals surface area contributed by atoms with Gasteiger partial charge >= 0.3 is 23.9 Å². The second-order valence-corrected chi connectivity index (χ2v) is 33.6. The molecule has 23 nitrogen and oxygen atoms in total. The van der Waals surface area contributed by atoms with Crippen LogP contribution in [-0.2, 0) is 61.9 Å². The summed E-state index contributed by atoms with van der Waals surface area (Å²) in [6.07, 6.45) is -8.32. The molecule has 580 valence electrons. The smallest absolute Gasteiger partial charge is 0.348 e. The normalized spacial score (nSPS) is 38.2.